The Labute approximate surface area is 189 Å². The lowest BCUT2D eigenvalue weighted by molar-refractivity contribution is -0.131. The number of amides is 2. The van der Waals surface area contributed by atoms with Gasteiger partial charge < -0.3 is 24.7 Å². The highest BCUT2D eigenvalue weighted by molar-refractivity contribution is 5.97. The summed E-state index contributed by atoms with van der Waals surface area (Å²) in [7, 11) is 1.78. The highest BCUT2D eigenvalue weighted by Gasteiger charge is 2.35. The van der Waals surface area contributed by atoms with E-state index >= 15 is 0 Å². The molecule has 3 rings (SSSR count). The highest BCUT2D eigenvalue weighted by Crippen LogP contribution is 2.33. The van der Waals surface area contributed by atoms with Gasteiger partial charge in [0.1, 0.15) is 17.8 Å². The molecule has 0 spiro atoms. The summed E-state index contributed by atoms with van der Waals surface area (Å²) in [4.78, 5) is 33.5. The molecule has 0 aromatic carbocycles. The Morgan fingerprint density at radius 3 is 2.75 bits per heavy atom. The van der Waals surface area contributed by atoms with Gasteiger partial charge in [-0.05, 0) is 38.7 Å². The maximum absolute atomic E-state index is 13.3. The summed E-state index contributed by atoms with van der Waals surface area (Å²) in [6, 6.07) is 1.21. The van der Waals surface area contributed by atoms with Crippen LogP contribution in [0, 0.1) is 23.7 Å². The number of rotatable bonds is 6. The Balaban J connectivity index is 1.91. The van der Waals surface area contributed by atoms with Crippen molar-refractivity contribution in [3.63, 3.8) is 0 Å². The van der Waals surface area contributed by atoms with Gasteiger partial charge in [0.05, 0.1) is 19.2 Å². The van der Waals surface area contributed by atoms with E-state index in [1.807, 2.05) is 6.92 Å². The standard InChI is InChI=1S/C24H33N3O5/c1-15-12-27(16(2)14-28)24(31)20-9-19(6-5-17(3)29)11-25-23(20)32-21(15)13-26(4)22(30)10-18-7-8-18/h9,11,15-18,21,28-29H,7-8,10,12-14H2,1-4H3/t15-,16+,17+,21+/m1/s1. The first-order valence-electron chi connectivity index (χ1n) is 11.2. The molecule has 2 N–H and O–H groups in total. The summed E-state index contributed by atoms with van der Waals surface area (Å²) in [6.45, 7) is 5.90. The van der Waals surface area contributed by atoms with Crippen LogP contribution in [0.4, 0.5) is 0 Å². The van der Waals surface area contributed by atoms with Crippen LogP contribution >= 0.6 is 0 Å². The summed E-state index contributed by atoms with van der Waals surface area (Å²) in [5.74, 6) is 5.86. The van der Waals surface area contributed by atoms with Gasteiger partial charge in [0.15, 0.2) is 0 Å². The number of fused-ring (bicyclic) bond motifs is 1. The number of aromatic nitrogens is 1. The van der Waals surface area contributed by atoms with Gasteiger partial charge in [-0.2, -0.15) is 0 Å². The lowest BCUT2D eigenvalue weighted by Crippen LogP contribution is -2.50. The molecular formula is C24H33N3O5. The van der Waals surface area contributed by atoms with Crippen molar-refractivity contribution in [1.82, 2.24) is 14.8 Å². The fourth-order valence-electron chi connectivity index (χ4n) is 3.67. The first kappa shape index (κ1) is 24.0. The third kappa shape index (κ3) is 5.99. The van der Waals surface area contributed by atoms with Crippen LogP contribution < -0.4 is 4.74 Å². The number of hydrogen-bond acceptors (Lipinski definition) is 6. The fourth-order valence-corrected chi connectivity index (χ4v) is 3.67. The normalized spacial score (nSPS) is 22.4. The molecular weight excluding hydrogens is 410 g/mol. The van der Waals surface area contributed by atoms with Crippen molar-refractivity contribution >= 4 is 11.8 Å². The lowest BCUT2D eigenvalue weighted by atomic mass is 9.99. The summed E-state index contributed by atoms with van der Waals surface area (Å²) in [6.07, 6.45) is 3.12. The number of pyridine rings is 1. The molecule has 8 heteroatoms. The molecule has 8 nitrogen and oxygen atoms in total. The average molecular weight is 444 g/mol. The Hall–Kier alpha value is -2.63. The number of likely N-dealkylation sites (N-methyl/N-ethyl adjacent to an activating group) is 1. The predicted octanol–water partition coefficient (Wildman–Crippen LogP) is 1.29. The Morgan fingerprint density at radius 2 is 2.12 bits per heavy atom. The molecule has 1 aliphatic heterocycles. The van der Waals surface area contributed by atoms with Gasteiger partial charge in [0.2, 0.25) is 11.8 Å². The van der Waals surface area contributed by atoms with Gasteiger partial charge in [0.25, 0.3) is 5.91 Å². The highest BCUT2D eigenvalue weighted by atomic mass is 16.5. The van der Waals surface area contributed by atoms with Crippen molar-refractivity contribution in [2.75, 3.05) is 26.7 Å². The summed E-state index contributed by atoms with van der Waals surface area (Å²) in [5, 5.41) is 19.2. The van der Waals surface area contributed by atoms with E-state index in [0.29, 0.717) is 31.0 Å². The van der Waals surface area contributed by atoms with Gasteiger partial charge >= 0.3 is 0 Å². The van der Waals surface area contributed by atoms with Crippen LogP contribution in [-0.4, -0.2) is 81.8 Å². The van der Waals surface area contributed by atoms with Crippen LogP contribution in [-0.2, 0) is 4.79 Å². The van der Waals surface area contributed by atoms with Gasteiger partial charge in [-0.25, -0.2) is 4.98 Å². The molecule has 1 saturated carbocycles. The van der Waals surface area contributed by atoms with Crippen LogP contribution in [0.15, 0.2) is 12.3 Å². The van der Waals surface area contributed by atoms with E-state index < -0.39 is 12.1 Å². The first-order chi connectivity index (χ1) is 15.2. The molecule has 32 heavy (non-hydrogen) atoms. The van der Waals surface area contributed by atoms with Crippen molar-refractivity contribution in [2.45, 2.75) is 58.3 Å². The van der Waals surface area contributed by atoms with Crippen molar-refractivity contribution in [2.24, 2.45) is 11.8 Å². The quantitative estimate of drug-likeness (QED) is 0.643. The average Bonchev–Trinajstić information content (AvgIpc) is 3.58. The minimum atomic E-state index is -0.802. The predicted molar refractivity (Wildman–Crippen MR) is 119 cm³/mol. The number of ether oxygens (including phenoxy) is 1. The molecule has 2 aliphatic rings. The maximum Gasteiger partial charge on any atom is 0.259 e. The molecule has 0 radical (unpaired) electrons. The summed E-state index contributed by atoms with van der Waals surface area (Å²) < 4.78 is 6.19. The third-order valence-electron chi connectivity index (χ3n) is 5.99. The van der Waals surface area contributed by atoms with Crippen LogP contribution in [0.25, 0.3) is 0 Å². The molecule has 1 aromatic heterocycles. The second-order valence-electron chi connectivity index (χ2n) is 9.07. The monoisotopic (exact) mass is 443 g/mol. The van der Waals surface area contributed by atoms with Crippen molar-refractivity contribution in [3.8, 4) is 17.7 Å². The third-order valence-corrected chi connectivity index (χ3v) is 5.99. The Kier molecular flexibility index (Phi) is 7.75. The maximum atomic E-state index is 13.3. The van der Waals surface area contributed by atoms with E-state index in [9.17, 15) is 19.8 Å². The fraction of sp³-hybridized carbons (Fsp3) is 0.625. The molecule has 0 bridgehead atoms. The van der Waals surface area contributed by atoms with Crippen LogP contribution in [0.1, 0.15) is 56.0 Å². The van der Waals surface area contributed by atoms with E-state index in [1.54, 1.807) is 36.8 Å². The van der Waals surface area contributed by atoms with E-state index in [0.717, 1.165) is 12.8 Å². The molecule has 174 valence electrons. The van der Waals surface area contributed by atoms with E-state index in [1.165, 1.54) is 6.20 Å². The zero-order valence-corrected chi connectivity index (χ0v) is 19.2. The largest absolute Gasteiger partial charge is 0.472 e. The zero-order valence-electron chi connectivity index (χ0n) is 19.2. The Morgan fingerprint density at radius 1 is 1.41 bits per heavy atom. The molecule has 0 unspecified atom stereocenters. The molecule has 0 saturated heterocycles. The van der Waals surface area contributed by atoms with Crippen molar-refractivity contribution in [3.05, 3.63) is 23.4 Å². The zero-order chi connectivity index (χ0) is 23.4. The van der Waals surface area contributed by atoms with Crippen LogP contribution in [0.3, 0.4) is 0 Å². The molecule has 4 atom stereocenters. The number of nitrogens with zero attached hydrogens (tertiary/aromatic N) is 3. The van der Waals surface area contributed by atoms with E-state index in [2.05, 4.69) is 16.8 Å². The lowest BCUT2D eigenvalue weighted by Gasteiger charge is -2.37. The van der Waals surface area contributed by atoms with Gasteiger partial charge in [-0.3, -0.25) is 9.59 Å². The first-order valence-corrected chi connectivity index (χ1v) is 11.2. The number of aliphatic hydroxyl groups excluding tert-OH is 2. The molecule has 2 heterocycles. The van der Waals surface area contributed by atoms with E-state index in [-0.39, 0.29) is 41.9 Å². The molecule has 1 aliphatic carbocycles. The second-order valence-corrected chi connectivity index (χ2v) is 9.07. The minimum absolute atomic E-state index is 0.0891. The number of aliphatic hydroxyl groups is 2. The number of hydrogen-bond donors (Lipinski definition) is 2. The van der Waals surface area contributed by atoms with Gasteiger partial charge in [0, 0.05) is 37.7 Å². The molecule has 1 aromatic rings. The topological polar surface area (TPSA) is 103 Å². The van der Waals surface area contributed by atoms with Crippen molar-refractivity contribution < 1.29 is 24.5 Å². The smallest absolute Gasteiger partial charge is 0.259 e. The second kappa shape index (κ2) is 10.3. The minimum Gasteiger partial charge on any atom is -0.472 e. The Bertz CT molecular complexity index is 903. The van der Waals surface area contributed by atoms with E-state index in [4.69, 9.17) is 4.74 Å². The van der Waals surface area contributed by atoms with Crippen LogP contribution in [0.5, 0.6) is 5.88 Å². The summed E-state index contributed by atoms with van der Waals surface area (Å²) >= 11 is 0. The van der Waals surface area contributed by atoms with Gasteiger partial charge in [-0.1, -0.05) is 18.8 Å². The summed E-state index contributed by atoms with van der Waals surface area (Å²) in [5.41, 5.74) is 0.742. The van der Waals surface area contributed by atoms with Gasteiger partial charge in [-0.15, -0.1) is 0 Å². The van der Waals surface area contributed by atoms with Crippen LogP contribution in [0.2, 0.25) is 0 Å². The number of carbonyl (C=O) groups excluding carboxylic acids is 2. The van der Waals surface area contributed by atoms with Crippen molar-refractivity contribution in [1.29, 1.82) is 0 Å². The molecule has 2 amide bonds. The number of carbonyl (C=O) groups is 2. The SMILES string of the molecule is C[C@H](O)C#Cc1cnc2c(c1)C(=O)N([C@@H](C)CO)C[C@@H](C)[C@H](CN(C)C(=O)CC1CC1)O2. The molecule has 1 fully saturated rings.